The largest absolute Gasteiger partial charge is 0.454 e. The Bertz CT molecular complexity index is 624. The Morgan fingerprint density at radius 1 is 0.880 bits per heavy atom. The fourth-order valence-electron chi connectivity index (χ4n) is 2.22. The first-order chi connectivity index (χ1) is 12.0. The molecule has 0 spiro atoms. The molecule has 1 aromatic carbocycles. The number of hydrogen-bond donors (Lipinski definition) is 0. The van der Waals surface area contributed by atoms with Crippen molar-refractivity contribution < 1.29 is 26.9 Å². The minimum atomic E-state index is -4.18. The van der Waals surface area contributed by atoms with Crippen molar-refractivity contribution in [2.75, 3.05) is 6.61 Å². The minimum absolute atomic E-state index is 0.127. The maximum absolute atomic E-state index is 11.8. The Balaban J connectivity index is 2.20. The van der Waals surface area contributed by atoms with E-state index in [1.165, 1.54) is 43.5 Å². The van der Waals surface area contributed by atoms with E-state index in [4.69, 9.17) is 4.74 Å². The summed E-state index contributed by atoms with van der Waals surface area (Å²) in [5, 5.41) is 0. The Morgan fingerprint density at radius 3 is 2.12 bits per heavy atom. The fourth-order valence-corrected chi connectivity index (χ4v) is 3.10. The van der Waals surface area contributed by atoms with E-state index < -0.39 is 28.7 Å². The van der Waals surface area contributed by atoms with Crippen LogP contribution in [0.25, 0.3) is 0 Å². The van der Waals surface area contributed by atoms with Gasteiger partial charge in [-0.3, -0.25) is 4.79 Å². The standard InChI is InChI=1S/C18H26O6S/c1-2-3-4-5-6-7-11-14-17(19)23-15-18(20)24-25(21,22)16-12-9-8-10-13-16/h8-10,12-13H,2-7,11,14-15H2,1H3. The zero-order valence-electron chi connectivity index (χ0n) is 14.6. The predicted octanol–water partition coefficient (Wildman–Crippen LogP) is 3.60. The van der Waals surface area contributed by atoms with Gasteiger partial charge < -0.3 is 8.92 Å². The van der Waals surface area contributed by atoms with Crippen molar-refractivity contribution in [2.24, 2.45) is 0 Å². The normalized spacial score (nSPS) is 11.1. The first-order valence-corrected chi connectivity index (χ1v) is 10.0. The second kappa shape index (κ2) is 11.6. The molecular weight excluding hydrogens is 344 g/mol. The molecule has 0 saturated heterocycles. The number of unbranched alkanes of at least 4 members (excludes halogenated alkanes) is 6. The number of ether oxygens (including phenoxy) is 1. The van der Waals surface area contributed by atoms with Crippen LogP contribution in [0.5, 0.6) is 0 Å². The van der Waals surface area contributed by atoms with Gasteiger partial charge >= 0.3 is 22.1 Å². The summed E-state index contributed by atoms with van der Waals surface area (Å²) in [7, 11) is -4.18. The predicted molar refractivity (Wildman–Crippen MR) is 93.3 cm³/mol. The molecule has 6 nitrogen and oxygen atoms in total. The molecule has 0 unspecified atom stereocenters. The van der Waals surface area contributed by atoms with Crippen molar-refractivity contribution >= 4 is 22.1 Å². The summed E-state index contributed by atoms with van der Waals surface area (Å²) < 4.78 is 32.8. The van der Waals surface area contributed by atoms with Gasteiger partial charge in [-0.1, -0.05) is 63.6 Å². The Labute approximate surface area is 149 Å². The van der Waals surface area contributed by atoms with Gasteiger partial charge in [0.1, 0.15) is 4.90 Å². The summed E-state index contributed by atoms with van der Waals surface area (Å²) in [5.74, 6) is -1.64. The highest BCUT2D eigenvalue weighted by atomic mass is 32.2. The number of rotatable bonds is 12. The molecule has 0 amide bonds. The lowest BCUT2D eigenvalue weighted by molar-refractivity contribution is -0.153. The van der Waals surface area contributed by atoms with Gasteiger partial charge in [0.2, 0.25) is 0 Å². The van der Waals surface area contributed by atoms with Crippen LogP contribution in [-0.4, -0.2) is 27.0 Å². The summed E-state index contributed by atoms with van der Waals surface area (Å²) in [5.41, 5.74) is 0. The summed E-state index contributed by atoms with van der Waals surface area (Å²) in [6, 6.07) is 7.31. The van der Waals surface area contributed by atoms with Gasteiger partial charge in [0, 0.05) is 6.42 Å². The third kappa shape index (κ3) is 9.24. The van der Waals surface area contributed by atoms with Gasteiger partial charge in [0.25, 0.3) is 0 Å². The van der Waals surface area contributed by atoms with Crippen LogP contribution in [0.3, 0.4) is 0 Å². The maximum Gasteiger partial charge on any atom is 0.360 e. The molecule has 1 aromatic rings. The van der Waals surface area contributed by atoms with Gasteiger partial charge in [-0.15, -0.1) is 0 Å². The SMILES string of the molecule is CCCCCCCCCC(=O)OCC(=O)OS(=O)(=O)c1ccccc1. The van der Waals surface area contributed by atoms with Gasteiger partial charge in [0.05, 0.1) is 0 Å². The smallest absolute Gasteiger partial charge is 0.360 e. The molecule has 0 aliphatic heterocycles. The quantitative estimate of drug-likeness (QED) is 0.317. The fraction of sp³-hybridized carbons (Fsp3) is 0.556. The first kappa shape index (κ1) is 21.2. The van der Waals surface area contributed by atoms with Crippen LogP contribution in [-0.2, 0) is 28.6 Å². The van der Waals surface area contributed by atoms with E-state index in [-0.39, 0.29) is 11.3 Å². The molecule has 0 aliphatic rings. The third-order valence-electron chi connectivity index (χ3n) is 3.57. The molecule has 25 heavy (non-hydrogen) atoms. The van der Waals surface area contributed by atoms with E-state index in [9.17, 15) is 18.0 Å². The first-order valence-electron chi connectivity index (χ1n) is 8.63. The Morgan fingerprint density at radius 2 is 1.48 bits per heavy atom. The monoisotopic (exact) mass is 370 g/mol. The number of esters is 1. The molecule has 0 bridgehead atoms. The lowest BCUT2D eigenvalue weighted by Gasteiger charge is -2.06. The van der Waals surface area contributed by atoms with Gasteiger partial charge in [-0.2, -0.15) is 8.42 Å². The summed E-state index contributed by atoms with van der Waals surface area (Å²) in [4.78, 5) is 22.9. The van der Waals surface area contributed by atoms with E-state index in [1.807, 2.05) is 0 Å². The zero-order chi connectivity index (χ0) is 18.5. The molecule has 140 valence electrons. The lowest BCUT2D eigenvalue weighted by Crippen LogP contribution is -2.20. The van der Waals surface area contributed by atoms with Crippen molar-refractivity contribution in [3.05, 3.63) is 30.3 Å². The summed E-state index contributed by atoms with van der Waals surface area (Å²) >= 11 is 0. The molecule has 0 saturated carbocycles. The van der Waals surface area contributed by atoms with Crippen molar-refractivity contribution in [3.8, 4) is 0 Å². The van der Waals surface area contributed by atoms with Crippen LogP contribution in [0.15, 0.2) is 35.2 Å². The van der Waals surface area contributed by atoms with E-state index in [0.29, 0.717) is 6.42 Å². The zero-order valence-corrected chi connectivity index (χ0v) is 15.4. The number of carbonyl (C=O) groups excluding carboxylic acids is 2. The number of carbonyl (C=O) groups is 2. The average molecular weight is 370 g/mol. The van der Waals surface area contributed by atoms with Gasteiger partial charge in [-0.25, -0.2) is 4.79 Å². The number of hydrogen-bond acceptors (Lipinski definition) is 6. The van der Waals surface area contributed by atoms with E-state index >= 15 is 0 Å². The molecule has 0 fully saturated rings. The Hall–Kier alpha value is -1.89. The molecule has 7 heteroatoms. The Kier molecular flexibility index (Phi) is 9.84. The highest BCUT2D eigenvalue weighted by Crippen LogP contribution is 2.12. The highest BCUT2D eigenvalue weighted by molar-refractivity contribution is 7.87. The van der Waals surface area contributed by atoms with Crippen LogP contribution in [0.4, 0.5) is 0 Å². The summed E-state index contributed by atoms with van der Waals surface area (Å²) in [6.07, 6.45) is 7.72. The van der Waals surface area contributed by atoms with Crippen LogP contribution in [0.2, 0.25) is 0 Å². The highest BCUT2D eigenvalue weighted by Gasteiger charge is 2.20. The van der Waals surface area contributed by atoms with Gasteiger partial charge in [-0.05, 0) is 18.6 Å². The molecule has 0 heterocycles. The van der Waals surface area contributed by atoms with Gasteiger partial charge in [0.15, 0.2) is 6.61 Å². The van der Waals surface area contributed by atoms with E-state index in [1.54, 1.807) is 6.07 Å². The van der Waals surface area contributed by atoms with Crippen LogP contribution < -0.4 is 0 Å². The van der Waals surface area contributed by atoms with E-state index in [2.05, 4.69) is 11.1 Å². The topological polar surface area (TPSA) is 86.7 Å². The van der Waals surface area contributed by atoms with Crippen molar-refractivity contribution in [2.45, 2.75) is 63.2 Å². The molecule has 0 radical (unpaired) electrons. The molecular formula is C18H26O6S. The van der Waals surface area contributed by atoms with Crippen LogP contribution in [0, 0.1) is 0 Å². The average Bonchev–Trinajstić information content (AvgIpc) is 2.59. The van der Waals surface area contributed by atoms with Crippen molar-refractivity contribution in [3.63, 3.8) is 0 Å². The number of benzene rings is 1. The molecule has 1 rings (SSSR count). The van der Waals surface area contributed by atoms with Crippen LogP contribution >= 0.6 is 0 Å². The molecule has 0 atom stereocenters. The summed E-state index contributed by atoms with van der Waals surface area (Å²) in [6.45, 7) is 1.45. The van der Waals surface area contributed by atoms with E-state index in [0.717, 1.165) is 19.3 Å². The maximum atomic E-state index is 11.8. The molecule has 0 aromatic heterocycles. The lowest BCUT2D eigenvalue weighted by atomic mass is 10.1. The minimum Gasteiger partial charge on any atom is -0.454 e. The van der Waals surface area contributed by atoms with Crippen LogP contribution in [0.1, 0.15) is 58.3 Å². The third-order valence-corrected chi connectivity index (χ3v) is 4.82. The second-order valence-corrected chi connectivity index (χ2v) is 7.30. The molecule has 0 N–H and O–H groups in total. The molecule has 0 aliphatic carbocycles. The van der Waals surface area contributed by atoms with Crippen molar-refractivity contribution in [1.82, 2.24) is 0 Å². The van der Waals surface area contributed by atoms with Crippen molar-refractivity contribution in [1.29, 1.82) is 0 Å². The second-order valence-electron chi connectivity index (χ2n) is 5.75.